The highest BCUT2D eigenvalue weighted by atomic mass is 19.1. The van der Waals surface area contributed by atoms with Gasteiger partial charge >= 0.3 is 6.03 Å². The van der Waals surface area contributed by atoms with Crippen molar-refractivity contribution in [3.8, 4) is 0 Å². The summed E-state index contributed by atoms with van der Waals surface area (Å²) >= 11 is 0. The van der Waals surface area contributed by atoms with Gasteiger partial charge in [0.1, 0.15) is 5.82 Å². The second-order valence-corrected chi connectivity index (χ2v) is 4.67. The van der Waals surface area contributed by atoms with Crippen molar-refractivity contribution in [3.05, 3.63) is 42.2 Å². The first-order valence-electron chi connectivity index (χ1n) is 6.56. The molecule has 0 aliphatic carbocycles. The average Bonchev–Trinajstić information content (AvgIpc) is 2.51. The van der Waals surface area contributed by atoms with Gasteiger partial charge in [-0.05, 0) is 12.1 Å². The minimum Gasteiger partial charge on any atom is -0.378 e. The molecule has 104 valence electrons. The number of ether oxygens (including phenoxy) is 1. The molecule has 1 N–H and O–H groups in total. The molecule has 4 nitrogen and oxygen atoms in total. The number of hydrogen-bond donors (Lipinski definition) is 1. The van der Waals surface area contributed by atoms with Crippen LogP contribution in [0.25, 0.3) is 10.8 Å². The minimum atomic E-state index is -0.287. The van der Waals surface area contributed by atoms with Gasteiger partial charge in [0.15, 0.2) is 0 Å². The Bertz CT molecular complexity index is 639. The molecule has 0 bridgehead atoms. The predicted molar refractivity (Wildman–Crippen MR) is 75.3 cm³/mol. The van der Waals surface area contributed by atoms with Gasteiger partial charge in [-0.25, -0.2) is 9.18 Å². The molecule has 0 atom stereocenters. The molecule has 0 radical (unpaired) electrons. The van der Waals surface area contributed by atoms with Crippen LogP contribution in [0, 0.1) is 5.82 Å². The van der Waals surface area contributed by atoms with Crippen LogP contribution in [-0.4, -0.2) is 37.2 Å². The number of carbonyl (C=O) groups excluding carboxylic acids is 1. The number of nitrogens with zero attached hydrogens (tertiary/aromatic N) is 1. The van der Waals surface area contributed by atoms with Crippen molar-refractivity contribution in [2.45, 2.75) is 0 Å². The van der Waals surface area contributed by atoms with Crippen LogP contribution in [-0.2, 0) is 4.74 Å². The lowest BCUT2D eigenvalue weighted by Crippen LogP contribution is -2.43. The molecule has 2 amide bonds. The SMILES string of the molecule is O=C(Nc1ccc(F)c2ccccc12)N1CCOCC1. The molecular weight excluding hydrogens is 259 g/mol. The highest BCUT2D eigenvalue weighted by Gasteiger charge is 2.17. The molecule has 1 heterocycles. The fraction of sp³-hybridized carbons (Fsp3) is 0.267. The van der Waals surface area contributed by atoms with Gasteiger partial charge in [-0.2, -0.15) is 0 Å². The van der Waals surface area contributed by atoms with Gasteiger partial charge in [-0.3, -0.25) is 0 Å². The lowest BCUT2D eigenvalue weighted by Gasteiger charge is -2.27. The Labute approximate surface area is 116 Å². The number of urea groups is 1. The molecule has 0 aromatic heterocycles. The van der Waals surface area contributed by atoms with Gasteiger partial charge in [-0.1, -0.05) is 24.3 Å². The van der Waals surface area contributed by atoms with Crippen molar-refractivity contribution in [1.29, 1.82) is 0 Å². The zero-order valence-electron chi connectivity index (χ0n) is 10.9. The maximum atomic E-state index is 13.7. The minimum absolute atomic E-state index is 0.176. The number of anilines is 1. The number of rotatable bonds is 1. The van der Waals surface area contributed by atoms with Crippen molar-refractivity contribution >= 4 is 22.5 Å². The molecule has 1 saturated heterocycles. The van der Waals surface area contributed by atoms with Gasteiger partial charge < -0.3 is 15.0 Å². The fourth-order valence-corrected chi connectivity index (χ4v) is 2.33. The highest BCUT2D eigenvalue weighted by Crippen LogP contribution is 2.26. The van der Waals surface area contributed by atoms with E-state index in [2.05, 4.69) is 5.32 Å². The van der Waals surface area contributed by atoms with E-state index < -0.39 is 0 Å². The maximum Gasteiger partial charge on any atom is 0.322 e. The van der Waals surface area contributed by atoms with Gasteiger partial charge in [0.25, 0.3) is 0 Å². The number of fused-ring (bicyclic) bond motifs is 1. The van der Waals surface area contributed by atoms with E-state index in [1.165, 1.54) is 6.07 Å². The fourth-order valence-electron chi connectivity index (χ4n) is 2.33. The smallest absolute Gasteiger partial charge is 0.322 e. The summed E-state index contributed by atoms with van der Waals surface area (Å²) in [4.78, 5) is 13.9. The van der Waals surface area contributed by atoms with Crippen molar-refractivity contribution in [2.75, 3.05) is 31.6 Å². The zero-order valence-corrected chi connectivity index (χ0v) is 10.9. The number of halogens is 1. The Morgan fingerprint density at radius 1 is 1.10 bits per heavy atom. The van der Waals surface area contributed by atoms with Crippen LogP contribution in [0.4, 0.5) is 14.9 Å². The van der Waals surface area contributed by atoms with Crippen LogP contribution in [0.15, 0.2) is 36.4 Å². The van der Waals surface area contributed by atoms with Crippen LogP contribution in [0.1, 0.15) is 0 Å². The van der Waals surface area contributed by atoms with E-state index in [0.29, 0.717) is 42.8 Å². The Hall–Kier alpha value is -2.14. The quantitative estimate of drug-likeness (QED) is 0.868. The van der Waals surface area contributed by atoms with E-state index >= 15 is 0 Å². The van der Waals surface area contributed by atoms with Gasteiger partial charge in [0.05, 0.1) is 18.9 Å². The predicted octanol–water partition coefficient (Wildman–Crippen LogP) is 2.84. The van der Waals surface area contributed by atoms with Crippen LogP contribution in [0.2, 0.25) is 0 Å². The van der Waals surface area contributed by atoms with Gasteiger partial charge in [0.2, 0.25) is 0 Å². The Morgan fingerprint density at radius 2 is 1.80 bits per heavy atom. The molecule has 0 unspecified atom stereocenters. The lowest BCUT2D eigenvalue weighted by atomic mass is 10.1. The van der Waals surface area contributed by atoms with E-state index in [4.69, 9.17) is 4.74 Å². The number of carbonyl (C=O) groups is 1. The molecule has 3 rings (SSSR count). The van der Waals surface area contributed by atoms with E-state index in [1.807, 2.05) is 6.07 Å². The Kier molecular flexibility index (Phi) is 3.52. The van der Waals surface area contributed by atoms with E-state index in [9.17, 15) is 9.18 Å². The summed E-state index contributed by atoms with van der Waals surface area (Å²) in [7, 11) is 0. The molecule has 5 heteroatoms. The van der Waals surface area contributed by atoms with Crippen LogP contribution >= 0.6 is 0 Å². The van der Waals surface area contributed by atoms with E-state index in [0.717, 1.165) is 0 Å². The third-order valence-electron chi connectivity index (χ3n) is 3.41. The first-order chi connectivity index (χ1) is 9.75. The van der Waals surface area contributed by atoms with Crippen molar-refractivity contribution < 1.29 is 13.9 Å². The molecule has 1 aliphatic heterocycles. The second kappa shape index (κ2) is 5.46. The zero-order chi connectivity index (χ0) is 13.9. The highest BCUT2D eigenvalue weighted by molar-refractivity contribution is 6.01. The number of hydrogen-bond acceptors (Lipinski definition) is 2. The monoisotopic (exact) mass is 274 g/mol. The average molecular weight is 274 g/mol. The number of amides is 2. The number of morpholine rings is 1. The topological polar surface area (TPSA) is 41.6 Å². The van der Waals surface area contributed by atoms with Gasteiger partial charge in [-0.15, -0.1) is 0 Å². The molecule has 2 aromatic carbocycles. The molecule has 1 aliphatic rings. The first-order valence-corrected chi connectivity index (χ1v) is 6.56. The number of benzene rings is 2. The summed E-state index contributed by atoms with van der Waals surface area (Å²) in [6.07, 6.45) is 0. The van der Waals surface area contributed by atoms with Crippen molar-refractivity contribution in [3.63, 3.8) is 0 Å². The molecule has 1 fully saturated rings. The third kappa shape index (κ3) is 2.44. The summed E-state index contributed by atoms with van der Waals surface area (Å²) in [5.41, 5.74) is 0.624. The molecule has 0 saturated carbocycles. The molecular formula is C15H15FN2O2. The molecule has 20 heavy (non-hydrogen) atoms. The normalized spacial score (nSPS) is 15.3. The third-order valence-corrected chi connectivity index (χ3v) is 3.41. The summed E-state index contributed by atoms with van der Waals surface area (Å²) in [6, 6.07) is 9.89. The van der Waals surface area contributed by atoms with Crippen molar-refractivity contribution in [2.24, 2.45) is 0 Å². The van der Waals surface area contributed by atoms with Crippen molar-refractivity contribution in [1.82, 2.24) is 4.90 Å². The second-order valence-electron chi connectivity index (χ2n) is 4.67. The maximum absolute atomic E-state index is 13.7. The Balaban J connectivity index is 1.87. The Morgan fingerprint density at radius 3 is 2.55 bits per heavy atom. The summed E-state index contributed by atoms with van der Waals surface area (Å²) in [5.74, 6) is -0.287. The summed E-state index contributed by atoms with van der Waals surface area (Å²) < 4.78 is 18.9. The summed E-state index contributed by atoms with van der Waals surface area (Å²) in [5, 5.41) is 4.06. The van der Waals surface area contributed by atoms with Crippen LogP contribution in [0.3, 0.4) is 0 Å². The van der Waals surface area contributed by atoms with Crippen LogP contribution < -0.4 is 5.32 Å². The van der Waals surface area contributed by atoms with E-state index in [-0.39, 0.29) is 11.8 Å². The standard InChI is InChI=1S/C15H15FN2O2/c16-13-5-6-14(12-4-2-1-3-11(12)13)17-15(19)18-7-9-20-10-8-18/h1-6H,7-10H2,(H,17,19). The lowest BCUT2D eigenvalue weighted by molar-refractivity contribution is 0.0565. The molecule has 2 aromatic rings. The first kappa shape index (κ1) is 12.9. The van der Waals surface area contributed by atoms with Crippen LogP contribution in [0.5, 0.6) is 0 Å². The number of nitrogens with one attached hydrogen (secondary N) is 1. The summed E-state index contributed by atoms with van der Waals surface area (Å²) in [6.45, 7) is 2.26. The van der Waals surface area contributed by atoms with E-state index in [1.54, 1.807) is 29.2 Å². The largest absolute Gasteiger partial charge is 0.378 e. The van der Waals surface area contributed by atoms with Gasteiger partial charge in [0, 0.05) is 23.9 Å². The molecule has 0 spiro atoms.